The number of benzene rings is 1. The number of thioether (sulfide) groups is 1. The van der Waals surface area contributed by atoms with Gasteiger partial charge in [0.15, 0.2) is 0 Å². The van der Waals surface area contributed by atoms with E-state index in [2.05, 4.69) is 36.8 Å². The second-order valence-electron chi connectivity index (χ2n) is 13.0. The van der Waals surface area contributed by atoms with Gasteiger partial charge in [-0.3, -0.25) is 14.4 Å². The van der Waals surface area contributed by atoms with E-state index in [0.29, 0.717) is 77.2 Å². The molecule has 0 spiro atoms. The Labute approximate surface area is 314 Å². The van der Waals surface area contributed by atoms with Crippen molar-refractivity contribution in [1.29, 1.82) is 0 Å². The fraction of sp³-hybridized carbons (Fsp3) is 0.676. The Hall–Kier alpha value is -4.01. The zero-order chi connectivity index (χ0) is 39.0. The summed E-state index contributed by atoms with van der Waals surface area (Å²) in [6.07, 6.45) is -0.655. The minimum atomic E-state index is -4.71. The fourth-order valence-electron chi connectivity index (χ4n) is 5.87. The zero-order valence-corrected chi connectivity index (χ0v) is 30.6. The predicted molar refractivity (Wildman–Crippen MR) is 189 cm³/mol. The summed E-state index contributed by atoms with van der Waals surface area (Å²) < 4.78 is 56.0. The summed E-state index contributed by atoms with van der Waals surface area (Å²) in [7, 11) is 0. The van der Waals surface area contributed by atoms with E-state index in [1.54, 1.807) is 0 Å². The Balaban J connectivity index is 0.905. The highest BCUT2D eigenvalue weighted by Gasteiger charge is 2.65. The molecule has 0 bridgehead atoms. The molecule has 4 rings (SSSR count). The molecule has 0 aromatic heterocycles. The minimum Gasteiger partial charge on any atom is -0.480 e. The first-order valence-corrected chi connectivity index (χ1v) is 19.0. The molecule has 3 aliphatic heterocycles. The number of nitrogens with one attached hydrogen (secondary N) is 5. The molecule has 20 heteroatoms. The Morgan fingerprint density at radius 3 is 2.04 bits per heavy atom. The molecule has 0 radical (unpaired) electrons. The average Bonchev–Trinajstić information content (AvgIpc) is 3.78. The number of alkyl halides is 3. The zero-order valence-electron chi connectivity index (χ0n) is 29.8. The molecule has 3 aliphatic rings. The first-order chi connectivity index (χ1) is 25.9. The smallest absolute Gasteiger partial charge is 0.442 e. The van der Waals surface area contributed by atoms with Gasteiger partial charge in [-0.15, -0.1) is 10.2 Å². The maximum Gasteiger partial charge on any atom is 0.442 e. The molecule has 3 unspecified atom stereocenters. The highest BCUT2D eigenvalue weighted by Crippen LogP contribution is 2.52. The first kappa shape index (κ1) is 42.7. The second-order valence-corrected chi connectivity index (χ2v) is 14.2. The average molecular weight is 788 g/mol. The Morgan fingerprint density at radius 1 is 0.870 bits per heavy atom. The lowest BCUT2D eigenvalue weighted by Gasteiger charge is -2.16. The van der Waals surface area contributed by atoms with Gasteiger partial charge in [0.2, 0.25) is 11.8 Å². The number of carboxylic acids is 1. The summed E-state index contributed by atoms with van der Waals surface area (Å²) in [6.45, 7) is 3.23. The van der Waals surface area contributed by atoms with Crippen molar-refractivity contribution in [3.8, 4) is 0 Å². The van der Waals surface area contributed by atoms with Gasteiger partial charge in [-0.1, -0.05) is 18.6 Å². The molecule has 5 amide bonds. The monoisotopic (exact) mass is 787 g/mol. The lowest BCUT2D eigenvalue weighted by molar-refractivity contribution is -0.166. The van der Waals surface area contributed by atoms with E-state index in [-0.39, 0.29) is 48.0 Å². The van der Waals surface area contributed by atoms with Gasteiger partial charge in [0, 0.05) is 61.3 Å². The number of halogens is 3. The van der Waals surface area contributed by atoms with Gasteiger partial charge in [-0.05, 0) is 44.2 Å². The number of ether oxygens (including phenoxy) is 3. The number of fused-ring (bicyclic) bond motifs is 1. The van der Waals surface area contributed by atoms with Crippen LogP contribution in [0.3, 0.4) is 0 Å². The van der Waals surface area contributed by atoms with Crippen LogP contribution in [0.1, 0.15) is 67.3 Å². The number of carboxylic acid groups (broad SMARTS) is 1. The minimum absolute atomic E-state index is 0.0301. The summed E-state index contributed by atoms with van der Waals surface area (Å²) in [5, 5.41) is 29.8. The number of carbonyl (C=O) groups excluding carboxylic acids is 4. The Bertz CT molecular complexity index is 1450. The topological polar surface area (TPSA) is 218 Å². The molecule has 16 nitrogen and oxygen atoms in total. The van der Waals surface area contributed by atoms with Crippen LogP contribution in [0.2, 0.25) is 0 Å². The van der Waals surface area contributed by atoms with Crippen molar-refractivity contribution in [2.45, 2.75) is 86.6 Å². The normalized spacial score (nSPS) is 20.1. The van der Waals surface area contributed by atoms with Crippen molar-refractivity contribution >= 4 is 41.5 Å². The van der Waals surface area contributed by atoms with Gasteiger partial charge < -0.3 is 45.9 Å². The van der Waals surface area contributed by atoms with Crippen LogP contribution in [0.5, 0.6) is 0 Å². The number of rotatable bonds is 26. The number of hydrogen-bond acceptors (Lipinski definition) is 11. The van der Waals surface area contributed by atoms with E-state index in [4.69, 9.17) is 14.2 Å². The summed E-state index contributed by atoms with van der Waals surface area (Å²) in [5.41, 5.74) is -2.95. The van der Waals surface area contributed by atoms with Crippen LogP contribution in [-0.4, -0.2) is 123 Å². The Morgan fingerprint density at radius 2 is 1.46 bits per heavy atom. The predicted octanol–water partition coefficient (Wildman–Crippen LogP) is 2.62. The molecule has 0 saturated carbocycles. The SMILES string of the molecule is O=C(CCCC[C@@H]1SCC2NC(=O)NC21)NCCCOCCOCCOCCCNC(=O)CCC(NC(=O)c1ccc(C2(C(F)(F)F)N=N2)cc1)C(=O)O. The van der Waals surface area contributed by atoms with Gasteiger partial charge in [-0.2, -0.15) is 24.9 Å². The van der Waals surface area contributed by atoms with Gasteiger partial charge in [0.25, 0.3) is 5.91 Å². The molecule has 300 valence electrons. The number of hydrogen-bond donors (Lipinski definition) is 6. The van der Waals surface area contributed by atoms with Gasteiger partial charge in [-0.25, -0.2) is 9.59 Å². The van der Waals surface area contributed by atoms with Crippen LogP contribution in [0.15, 0.2) is 34.5 Å². The van der Waals surface area contributed by atoms with Crippen molar-refractivity contribution in [2.24, 2.45) is 10.2 Å². The maximum atomic E-state index is 13.2. The van der Waals surface area contributed by atoms with Gasteiger partial charge in [0.1, 0.15) is 6.04 Å². The van der Waals surface area contributed by atoms with Crippen molar-refractivity contribution in [1.82, 2.24) is 26.6 Å². The lowest BCUT2D eigenvalue weighted by Crippen LogP contribution is -2.41. The van der Waals surface area contributed by atoms with Crippen LogP contribution in [-0.2, 0) is 34.3 Å². The van der Waals surface area contributed by atoms with Gasteiger partial charge in [0.05, 0.1) is 38.5 Å². The molecule has 2 saturated heterocycles. The number of carbonyl (C=O) groups is 5. The number of urea groups is 1. The standard InChI is InChI=1S/C34H48F3N7O9S/c35-34(36,37)33(43-44-33)23-9-7-22(8-10-23)30(47)40-24(31(48)49)11-12-28(46)39-14-4-16-52-18-20-53-19-17-51-15-3-13-38-27(45)6-2-1-5-26-29-25(21-54-26)41-32(50)42-29/h7-10,24-26,29H,1-6,11-21H2,(H,38,45)(H,39,46)(H,40,47)(H,48,49)(H2,41,42,50)/t24?,25?,26-,29?/m0/s1. The third-order valence-corrected chi connectivity index (χ3v) is 10.4. The summed E-state index contributed by atoms with van der Waals surface area (Å²) in [5.74, 6) is -1.63. The number of amides is 5. The van der Waals surface area contributed by atoms with Gasteiger partial charge >= 0.3 is 23.8 Å². The molecule has 4 atom stereocenters. The molecule has 54 heavy (non-hydrogen) atoms. The Kier molecular flexibility index (Phi) is 16.8. The van der Waals surface area contributed by atoms with Crippen LogP contribution in [0, 0.1) is 0 Å². The summed E-state index contributed by atoms with van der Waals surface area (Å²) >= 11 is 1.88. The number of nitrogens with zero attached hydrogens (tertiary/aromatic N) is 2. The maximum absolute atomic E-state index is 13.2. The quantitative estimate of drug-likeness (QED) is 0.0596. The van der Waals surface area contributed by atoms with E-state index in [9.17, 15) is 42.3 Å². The van der Waals surface area contributed by atoms with Crippen molar-refractivity contribution < 1.29 is 56.5 Å². The fourth-order valence-corrected chi connectivity index (χ4v) is 7.41. The molecule has 1 aromatic rings. The number of unbranched alkanes of at least 4 members (excludes halogenated alkanes) is 1. The van der Waals surface area contributed by atoms with E-state index >= 15 is 0 Å². The molecular formula is C34H48F3N7O9S. The van der Waals surface area contributed by atoms with E-state index in [1.807, 2.05) is 11.8 Å². The molecule has 6 N–H and O–H groups in total. The first-order valence-electron chi connectivity index (χ1n) is 18.0. The van der Waals surface area contributed by atoms with Crippen LogP contribution in [0.4, 0.5) is 18.0 Å². The highest BCUT2D eigenvalue weighted by atomic mass is 32.2. The van der Waals surface area contributed by atoms with Crippen LogP contribution < -0.4 is 26.6 Å². The van der Waals surface area contributed by atoms with Crippen molar-refractivity contribution in [3.05, 3.63) is 35.4 Å². The molecule has 2 fully saturated rings. The van der Waals surface area contributed by atoms with Crippen molar-refractivity contribution in [2.75, 3.05) is 58.5 Å². The van der Waals surface area contributed by atoms with Crippen molar-refractivity contribution in [3.63, 3.8) is 0 Å². The van der Waals surface area contributed by atoms with Crippen LogP contribution >= 0.6 is 11.8 Å². The molecule has 1 aromatic carbocycles. The third-order valence-electron chi connectivity index (χ3n) is 8.91. The summed E-state index contributed by atoms with van der Waals surface area (Å²) in [6, 6.07) is 3.29. The molecule has 0 aliphatic carbocycles. The van der Waals surface area contributed by atoms with E-state index in [1.165, 1.54) is 0 Å². The van der Waals surface area contributed by atoms with E-state index < -0.39 is 35.7 Å². The largest absolute Gasteiger partial charge is 0.480 e. The third kappa shape index (κ3) is 13.4. The highest BCUT2D eigenvalue weighted by molar-refractivity contribution is 8.00. The summed E-state index contributed by atoms with van der Waals surface area (Å²) in [4.78, 5) is 59.9. The lowest BCUT2D eigenvalue weighted by atomic mass is 10.0. The number of aliphatic carboxylic acids is 1. The molecule has 3 heterocycles. The van der Waals surface area contributed by atoms with E-state index in [0.717, 1.165) is 49.3 Å². The van der Waals surface area contributed by atoms with Crippen LogP contribution in [0.25, 0.3) is 0 Å². The molecular weight excluding hydrogens is 739 g/mol. The second kappa shape index (κ2) is 21.2.